The van der Waals surface area contributed by atoms with E-state index in [1.807, 2.05) is 0 Å². The maximum Gasteiger partial charge on any atom is 0.269 e. The second-order valence-electron chi connectivity index (χ2n) is 6.81. The molecule has 0 saturated carbocycles. The summed E-state index contributed by atoms with van der Waals surface area (Å²) in [4.78, 5) is 20.9. The minimum Gasteiger partial charge on any atom is -0.436 e. The molecule has 0 spiro atoms. The van der Waals surface area contributed by atoms with E-state index in [9.17, 15) is 9.18 Å². The number of nitrogens with two attached hydrogens (primary N) is 1. The number of pyridine rings is 2. The van der Waals surface area contributed by atoms with Gasteiger partial charge in [0.15, 0.2) is 5.58 Å². The van der Waals surface area contributed by atoms with Gasteiger partial charge in [0.1, 0.15) is 22.9 Å². The number of methoxy groups -OCH3 is 1. The molecular formula is C22H19ClFN5O3. The van der Waals surface area contributed by atoms with Gasteiger partial charge in [-0.25, -0.2) is 4.39 Å². The Morgan fingerprint density at radius 1 is 1.22 bits per heavy atom. The molecule has 3 heterocycles. The van der Waals surface area contributed by atoms with Crippen molar-refractivity contribution in [3.63, 3.8) is 0 Å². The first-order valence-electron chi connectivity index (χ1n) is 9.60. The molecule has 3 aromatic heterocycles. The predicted octanol–water partition coefficient (Wildman–Crippen LogP) is 4.38. The maximum absolute atomic E-state index is 13.5. The van der Waals surface area contributed by atoms with Gasteiger partial charge in [-0.15, -0.1) is 0 Å². The van der Waals surface area contributed by atoms with Crippen molar-refractivity contribution in [2.75, 3.05) is 31.3 Å². The van der Waals surface area contributed by atoms with E-state index < -0.39 is 5.82 Å². The van der Waals surface area contributed by atoms with Crippen molar-refractivity contribution in [3.8, 4) is 11.3 Å². The van der Waals surface area contributed by atoms with Crippen LogP contribution in [-0.2, 0) is 4.74 Å². The molecule has 164 valence electrons. The van der Waals surface area contributed by atoms with Crippen LogP contribution in [0.15, 0.2) is 53.2 Å². The third-order valence-electron chi connectivity index (χ3n) is 4.68. The second kappa shape index (κ2) is 9.21. The Hall–Kier alpha value is -3.69. The Balaban J connectivity index is 1.69. The molecule has 8 nitrogen and oxygen atoms in total. The van der Waals surface area contributed by atoms with Crippen molar-refractivity contribution >= 4 is 45.7 Å². The highest BCUT2D eigenvalue weighted by Gasteiger charge is 2.18. The lowest BCUT2D eigenvalue weighted by molar-refractivity contribution is 0.0932. The molecule has 1 aromatic carbocycles. The summed E-state index contributed by atoms with van der Waals surface area (Å²) < 4.78 is 24.2. The highest BCUT2D eigenvalue weighted by atomic mass is 35.5. The monoisotopic (exact) mass is 455 g/mol. The lowest BCUT2D eigenvalue weighted by Crippen LogP contribution is -2.27. The molecule has 0 fully saturated rings. The van der Waals surface area contributed by atoms with Crippen molar-refractivity contribution in [1.29, 1.82) is 0 Å². The summed E-state index contributed by atoms with van der Waals surface area (Å²) in [7, 11) is 1.56. The summed E-state index contributed by atoms with van der Waals surface area (Å²) in [5, 5.41) is 6.49. The molecule has 10 heteroatoms. The Morgan fingerprint density at radius 3 is 2.81 bits per heavy atom. The minimum absolute atomic E-state index is 0.0168. The molecule has 0 radical (unpaired) electrons. The van der Waals surface area contributed by atoms with E-state index in [-0.39, 0.29) is 22.5 Å². The Bertz CT molecular complexity index is 1290. The molecule has 0 atom stereocenters. The number of furan rings is 1. The molecule has 1 amide bonds. The lowest BCUT2D eigenvalue weighted by Gasteiger charge is -2.07. The smallest absolute Gasteiger partial charge is 0.269 e. The van der Waals surface area contributed by atoms with Crippen molar-refractivity contribution in [2.45, 2.75) is 0 Å². The zero-order valence-electron chi connectivity index (χ0n) is 17.0. The standard InChI is InChI=1S/C22H19ClFN5O3/c1-31-9-8-28-22(30)17-10-12(4-6-26-17)18-20-14(5-7-27-18)19(21(25)32-20)29-13-2-3-16(24)15(23)11-13/h2-7,10-11,29H,8-9,25H2,1H3,(H,28,30). The van der Waals surface area contributed by atoms with Crippen LogP contribution in [0.5, 0.6) is 0 Å². The number of nitrogens with zero attached hydrogens (tertiary/aromatic N) is 2. The Kier molecular flexibility index (Phi) is 6.20. The fraction of sp³-hybridized carbons (Fsp3) is 0.136. The first-order chi connectivity index (χ1) is 15.5. The van der Waals surface area contributed by atoms with Gasteiger partial charge >= 0.3 is 0 Å². The fourth-order valence-corrected chi connectivity index (χ4v) is 3.33. The van der Waals surface area contributed by atoms with E-state index in [0.717, 1.165) is 0 Å². The molecule has 0 saturated heterocycles. The zero-order chi connectivity index (χ0) is 22.7. The normalized spacial score (nSPS) is 11.0. The predicted molar refractivity (Wildman–Crippen MR) is 121 cm³/mol. The summed E-state index contributed by atoms with van der Waals surface area (Å²) in [5.41, 5.74) is 8.94. The summed E-state index contributed by atoms with van der Waals surface area (Å²) in [6.07, 6.45) is 3.13. The molecule has 4 N–H and O–H groups in total. The quantitative estimate of drug-likeness (QED) is 0.354. The molecule has 0 aliphatic heterocycles. The van der Waals surface area contributed by atoms with Crippen LogP contribution in [0.4, 0.5) is 21.6 Å². The van der Waals surface area contributed by atoms with Crippen LogP contribution in [0.3, 0.4) is 0 Å². The number of ether oxygens (including phenoxy) is 1. The number of nitrogens with one attached hydrogen (secondary N) is 2. The number of fused-ring (bicyclic) bond motifs is 1. The highest BCUT2D eigenvalue weighted by molar-refractivity contribution is 6.31. The van der Waals surface area contributed by atoms with Crippen molar-refractivity contribution in [3.05, 3.63) is 65.3 Å². The number of nitrogen functional groups attached to an aromatic ring is 1. The average Bonchev–Trinajstić information content (AvgIpc) is 3.11. The zero-order valence-corrected chi connectivity index (χ0v) is 17.7. The van der Waals surface area contributed by atoms with Crippen LogP contribution in [0.1, 0.15) is 10.5 Å². The number of carbonyl (C=O) groups excluding carboxylic acids is 1. The molecule has 32 heavy (non-hydrogen) atoms. The molecule has 0 unspecified atom stereocenters. The highest BCUT2D eigenvalue weighted by Crippen LogP contribution is 2.39. The number of amides is 1. The van der Waals surface area contributed by atoms with E-state index >= 15 is 0 Å². The van der Waals surface area contributed by atoms with Gasteiger partial charge in [0.25, 0.3) is 5.91 Å². The van der Waals surface area contributed by atoms with E-state index in [0.29, 0.717) is 46.8 Å². The molecule has 4 rings (SSSR count). The van der Waals surface area contributed by atoms with E-state index in [1.54, 1.807) is 37.6 Å². The number of carbonyl (C=O) groups is 1. The molecule has 4 aromatic rings. The number of benzene rings is 1. The fourth-order valence-electron chi connectivity index (χ4n) is 3.15. The van der Waals surface area contributed by atoms with Crippen LogP contribution in [0, 0.1) is 5.82 Å². The average molecular weight is 456 g/mol. The Morgan fingerprint density at radius 2 is 2.03 bits per heavy atom. The van der Waals surface area contributed by atoms with Gasteiger partial charge in [-0.2, -0.15) is 0 Å². The molecule has 0 bridgehead atoms. The van der Waals surface area contributed by atoms with Gasteiger partial charge in [0.05, 0.1) is 17.0 Å². The van der Waals surface area contributed by atoms with E-state index in [4.69, 9.17) is 26.5 Å². The van der Waals surface area contributed by atoms with Crippen LogP contribution >= 0.6 is 11.6 Å². The number of hydrogen-bond acceptors (Lipinski definition) is 7. The second-order valence-corrected chi connectivity index (χ2v) is 7.22. The summed E-state index contributed by atoms with van der Waals surface area (Å²) in [6.45, 7) is 0.763. The van der Waals surface area contributed by atoms with E-state index in [2.05, 4.69) is 20.6 Å². The van der Waals surface area contributed by atoms with Gasteiger partial charge in [0, 0.05) is 37.3 Å². The first-order valence-corrected chi connectivity index (χ1v) is 9.98. The summed E-state index contributed by atoms with van der Waals surface area (Å²) >= 11 is 5.87. The number of hydrogen-bond donors (Lipinski definition) is 3. The lowest BCUT2D eigenvalue weighted by atomic mass is 10.1. The third-order valence-corrected chi connectivity index (χ3v) is 4.97. The molecular weight excluding hydrogens is 437 g/mol. The largest absolute Gasteiger partial charge is 0.436 e. The third kappa shape index (κ3) is 4.34. The van der Waals surface area contributed by atoms with Crippen molar-refractivity contribution < 1.29 is 18.3 Å². The topological polar surface area (TPSA) is 115 Å². The van der Waals surface area contributed by atoms with Gasteiger partial charge < -0.3 is 25.5 Å². The van der Waals surface area contributed by atoms with Gasteiger partial charge in [0.2, 0.25) is 5.88 Å². The number of aromatic nitrogens is 2. The minimum atomic E-state index is -0.520. The molecule has 0 aliphatic carbocycles. The van der Waals surface area contributed by atoms with E-state index in [1.165, 1.54) is 18.3 Å². The van der Waals surface area contributed by atoms with Crippen molar-refractivity contribution in [2.24, 2.45) is 0 Å². The molecule has 0 aliphatic rings. The summed E-state index contributed by atoms with van der Waals surface area (Å²) in [6, 6.07) is 9.33. The SMILES string of the molecule is COCCNC(=O)c1cc(-c2nccc3c(Nc4ccc(F)c(Cl)c4)c(N)oc23)ccn1. The first kappa shape index (κ1) is 21.5. The number of rotatable bonds is 7. The summed E-state index contributed by atoms with van der Waals surface area (Å²) in [5.74, 6) is -0.722. The van der Waals surface area contributed by atoms with Crippen LogP contribution in [0.25, 0.3) is 22.2 Å². The maximum atomic E-state index is 13.5. The van der Waals surface area contributed by atoms with Gasteiger partial charge in [-0.3, -0.25) is 14.8 Å². The Labute approximate surface area is 187 Å². The van der Waals surface area contributed by atoms with Crippen LogP contribution in [0.2, 0.25) is 5.02 Å². The van der Waals surface area contributed by atoms with Crippen molar-refractivity contribution in [1.82, 2.24) is 15.3 Å². The van der Waals surface area contributed by atoms with Gasteiger partial charge in [-0.1, -0.05) is 11.6 Å². The van der Waals surface area contributed by atoms with Crippen LogP contribution in [-0.4, -0.2) is 36.1 Å². The number of halogens is 2. The van der Waals surface area contributed by atoms with Gasteiger partial charge in [-0.05, 0) is 36.4 Å². The number of anilines is 3. The van der Waals surface area contributed by atoms with Crippen LogP contribution < -0.4 is 16.4 Å².